The van der Waals surface area contributed by atoms with E-state index in [0.29, 0.717) is 0 Å². The molecular formula is C18H34N2. The third-order valence-corrected chi connectivity index (χ3v) is 5.67. The normalized spacial score (nSPS) is 32.5. The van der Waals surface area contributed by atoms with Crippen LogP contribution in [-0.2, 0) is 0 Å². The second kappa shape index (κ2) is 6.79. The van der Waals surface area contributed by atoms with Crippen molar-refractivity contribution in [2.24, 2.45) is 17.8 Å². The zero-order valence-corrected chi connectivity index (χ0v) is 13.6. The molecule has 1 N–H and O–H groups in total. The standard InChI is InChI=1S/C18H34N2/c1-14(2)8-9-19-17-11-16(10-15-6-7-15)12-20(13-17)18-4-3-5-18/h14-19H,3-13H2,1-2H3. The largest absolute Gasteiger partial charge is 0.313 e. The van der Waals surface area contributed by atoms with Gasteiger partial charge in [0, 0.05) is 25.2 Å². The minimum Gasteiger partial charge on any atom is -0.313 e. The van der Waals surface area contributed by atoms with Crippen LogP contribution in [-0.4, -0.2) is 36.6 Å². The van der Waals surface area contributed by atoms with Crippen molar-refractivity contribution in [2.75, 3.05) is 19.6 Å². The summed E-state index contributed by atoms with van der Waals surface area (Å²) in [5, 5.41) is 3.87. The van der Waals surface area contributed by atoms with E-state index in [-0.39, 0.29) is 0 Å². The first-order valence-corrected chi connectivity index (χ1v) is 9.18. The number of rotatable bonds is 7. The highest BCUT2D eigenvalue weighted by Gasteiger charge is 2.35. The molecule has 1 aliphatic heterocycles. The minimum atomic E-state index is 0.770. The number of hydrogen-bond donors (Lipinski definition) is 1. The van der Waals surface area contributed by atoms with E-state index in [1.54, 1.807) is 0 Å². The first kappa shape index (κ1) is 14.8. The highest BCUT2D eigenvalue weighted by molar-refractivity contribution is 4.91. The molecule has 0 bridgehead atoms. The lowest BCUT2D eigenvalue weighted by Gasteiger charge is -2.45. The maximum atomic E-state index is 3.87. The lowest BCUT2D eigenvalue weighted by Crippen LogP contribution is -2.54. The SMILES string of the molecule is CC(C)CCNC1CC(CC2CC2)CN(C2CCC2)C1. The quantitative estimate of drug-likeness (QED) is 0.764. The van der Waals surface area contributed by atoms with Crippen LogP contribution in [0.4, 0.5) is 0 Å². The van der Waals surface area contributed by atoms with Gasteiger partial charge in [-0.2, -0.15) is 0 Å². The van der Waals surface area contributed by atoms with Gasteiger partial charge in [0.2, 0.25) is 0 Å². The number of nitrogens with zero attached hydrogens (tertiary/aromatic N) is 1. The fourth-order valence-corrected chi connectivity index (χ4v) is 4.01. The van der Waals surface area contributed by atoms with Gasteiger partial charge in [0.1, 0.15) is 0 Å². The molecule has 2 nitrogen and oxygen atoms in total. The van der Waals surface area contributed by atoms with Gasteiger partial charge >= 0.3 is 0 Å². The molecule has 1 heterocycles. The fourth-order valence-electron chi connectivity index (χ4n) is 4.01. The molecule has 0 aromatic carbocycles. The van der Waals surface area contributed by atoms with Gasteiger partial charge < -0.3 is 5.32 Å². The molecule has 3 fully saturated rings. The lowest BCUT2D eigenvalue weighted by atomic mass is 9.84. The summed E-state index contributed by atoms with van der Waals surface area (Å²) in [6, 6.07) is 1.71. The van der Waals surface area contributed by atoms with E-state index < -0.39 is 0 Å². The Morgan fingerprint density at radius 2 is 1.85 bits per heavy atom. The van der Waals surface area contributed by atoms with E-state index in [0.717, 1.165) is 29.8 Å². The smallest absolute Gasteiger partial charge is 0.0198 e. The zero-order chi connectivity index (χ0) is 13.9. The monoisotopic (exact) mass is 278 g/mol. The summed E-state index contributed by atoms with van der Waals surface area (Å²) >= 11 is 0. The Balaban J connectivity index is 1.48. The number of hydrogen-bond acceptors (Lipinski definition) is 2. The third-order valence-electron chi connectivity index (χ3n) is 5.67. The fraction of sp³-hybridized carbons (Fsp3) is 1.00. The van der Waals surface area contributed by atoms with Gasteiger partial charge in [-0.1, -0.05) is 33.1 Å². The van der Waals surface area contributed by atoms with Gasteiger partial charge in [0.25, 0.3) is 0 Å². The maximum Gasteiger partial charge on any atom is 0.0198 e. The van der Waals surface area contributed by atoms with Gasteiger partial charge in [-0.15, -0.1) is 0 Å². The predicted molar refractivity (Wildman–Crippen MR) is 85.9 cm³/mol. The molecular weight excluding hydrogens is 244 g/mol. The Labute approximate surface area is 125 Å². The molecule has 1 saturated heterocycles. The van der Waals surface area contributed by atoms with E-state index in [1.807, 2.05) is 0 Å². The summed E-state index contributed by atoms with van der Waals surface area (Å²) in [4.78, 5) is 2.84. The summed E-state index contributed by atoms with van der Waals surface area (Å²) in [6.07, 6.45) is 11.7. The molecule has 20 heavy (non-hydrogen) atoms. The topological polar surface area (TPSA) is 15.3 Å². The average Bonchev–Trinajstić information content (AvgIpc) is 3.09. The van der Waals surface area contributed by atoms with Gasteiger partial charge in [-0.05, 0) is 56.4 Å². The zero-order valence-electron chi connectivity index (χ0n) is 13.6. The second-order valence-electron chi connectivity index (χ2n) is 8.15. The Morgan fingerprint density at radius 3 is 2.45 bits per heavy atom. The molecule has 0 amide bonds. The van der Waals surface area contributed by atoms with Crippen LogP contribution in [0.5, 0.6) is 0 Å². The van der Waals surface area contributed by atoms with E-state index >= 15 is 0 Å². The highest BCUT2D eigenvalue weighted by atomic mass is 15.2. The number of nitrogens with one attached hydrogen (secondary N) is 1. The van der Waals surface area contributed by atoms with Crippen LogP contribution in [0.2, 0.25) is 0 Å². The Morgan fingerprint density at radius 1 is 1.05 bits per heavy atom. The van der Waals surface area contributed by atoms with Crippen LogP contribution >= 0.6 is 0 Å². The third kappa shape index (κ3) is 4.21. The molecule has 3 aliphatic rings. The first-order chi connectivity index (χ1) is 9.70. The summed E-state index contributed by atoms with van der Waals surface area (Å²) in [7, 11) is 0. The lowest BCUT2D eigenvalue weighted by molar-refractivity contribution is 0.0544. The molecule has 2 saturated carbocycles. The predicted octanol–water partition coefficient (Wildman–Crippen LogP) is 3.67. The van der Waals surface area contributed by atoms with Crippen molar-refractivity contribution in [1.29, 1.82) is 0 Å². The minimum absolute atomic E-state index is 0.770. The van der Waals surface area contributed by atoms with E-state index in [4.69, 9.17) is 0 Å². The van der Waals surface area contributed by atoms with Gasteiger partial charge in [-0.3, -0.25) is 4.90 Å². The molecule has 2 atom stereocenters. The van der Waals surface area contributed by atoms with Crippen molar-refractivity contribution < 1.29 is 0 Å². The van der Waals surface area contributed by atoms with Crippen molar-refractivity contribution >= 4 is 0 Å². The molecule has 2 heteroatoms. The van der Waals surface area contributed by atoms with Crippen LogP contribution in [0.15, 0.2) is 0 Å². The van der Waals surface area contributed by atoms with Crippen LogP contribution in [0.1, 0.15) is 65.2 Å². The van der Waals surface area contributed by atoms with Crippen molar-refractivity contribution in [1.82, 2.24) is 10.2 Å². The Kier molecular flexibility index (Phi) is 5.04. The van der Waals surface area contributed by atoms with Crippen molar-refractivity contribution in [3.63, 3.8) is 0 Å². The molecule has 0 radical (unpaired) electrons. The number of piperidine rings is 1. The van der Waals surface area contributed by atoms with Crippen LogP contribution in [0.25, 0.3) is 0 Å². The van der Waals surface area contributed by atoms with E-state index in [1.165, 1.54) is 71.0 Å². The summed E-state index contributed by atoms with van der Waals surface area (Å²) in [5.41, 5.74) is 0. The van der Waals surface area contributed by atoms with Crippen LogP contribution < -0.4 is 5.32 Å². The summed E-state index contributed by atoms with van der Waals surface area (Å²) < 4.78 is 0. The second-order valence-corrected chi connectivity index (χ2v) is 8.15. The Hall–Kier alpha value is -0.0800. The molecule has 0 aromatic heterocycles. The van der Waals surface area contributed by atoms with Gasteiger partial charge in [0.05, 0.1) is 0 Å². The molecule has 116 valence electrons. The Bertz CT molecular complexity index is 294. The molecule has 2 unspecified atom stereocenters. The van der Waals surface area contributed by atoms with Crippen LogP contribution in [0.3, 0.4) is 0 Å². The molecule has 2 aliphatic carbocycles. The van der Waals surface area contributed by atoms with Gasteiger partial charge in [-0.25, -0.2) is 0 Å². The number of likely N-dealkylation sites (tertiary alicyclic amines) is 1. The summed E-state index contributed by atoms with van der Waals surface area (Å²) in [6.45, 7) is 8.61. The highest BCUT2D eigenvalue weighted by Crippen LogP contribution is 2.39. The van der Waals surface area contributed by atoms with Crippen LogP contribution in [0, 0.1) is 17.8 Å². The average molecular weight is 278 g/mol. The van der Waals surface area contributed by atoms with E-state index in [9.17, 15) is 0 Å². The van der Waals surface area contributed by atoms with Gasteiger partial charge in [0.15, 0.2) is 0 Å². The van der Waals surface area contributed by atoms with Crippen molar-refractivity contribution in [2.45, 2.75) is 77.3 Å². The summed E-state index contributed by atoms with van der Waals surface area (Å²) in [5.74, 6) is 2.90. The molecule has 0 aromatic rings. The van der Waals surface area contributed by atoms with E-state index in [2.05, 4.69) is 24.1 Å². The van der Waals surface area contributed by atoms with Crippen molar-refractivity contribution in [3.8, 4) is 0 Å². The molecule has 3 rings (SSSR count). The molecule has 0 spiro atoms. The maximum absolute atomic E-state index is 3.87. The first-order valence-electron chi connectivity index (χ1n) is 9.18. The van der Waals surface area contributed by atoms with Crippen molar-refractivity contribution in [3.05, 3.63) is 0 Å².